The molecule has 0 aliphatic rings. The molecular weight excluding hydrogens is 227 g/mol. The average molecular weight is 238 g/mol. The molecule has 0 atom stereocenters. The monoisotopic (exact) mass is 238 g/mol. The van der Waals surface area contributed by atoms with Crippen LogP contribution in [0, 0.1) is 15.9 Å². The lowest BCUT2D eigenvalue weighted by Gasteiger charge is -2.03. The number of nitrogens with one attached hydrogen (secondary N) is 1. The largest absolute Gasteiger partial charge is 0.352 e. The molecule has 0 unspecified atom stereocenters. The maximum atomic E-state index is 13.0. The molecule has 0 saturated carbocycles. The smallest absolute Gasteiger partial charge is 0.305 e. The van der Waals surface area contributed by atoms with Crippen molar-refractivity contribution in [1.82, 2.24) is 5.32 Å². The molecule has 5 nitrogen and oxygen atoms in total. The molecule has 0 saturated heterocycles. The van der Waals surface area contributed by atoms with Crippen LogP contribution in [0.15, 0.2) is 30.9 Å². The maximum Gasteiger partial charge on any atom is 0.305 e. The molecule has 17 heavy (non-hydrogen) atoms. The number of benzene rings is 1. The number of carbonyl (C=O) groups excluding carboxylic acids is 1. The molecule has 0 heterocycles. The summed E-state index contributed by atoms with van der Waals surface area (Å²) in [5.41, 5.74) is -0.650. The van der Waals surface area contributed by atoms with Crippen LogP contribution in [0.4, 0.5) is 10.1 Å². The molecule has 1 aromatic rings. The second-order valence-electron chi connectivity index (χ2n) is 3.26. The normalized spacial score (nSPS) is 9.71. The van der Waals surface area contributed by atoms with E-state index in [0.29, 0.717) is 13.0 Å². The summed E-state index contributed by atoms with van der Waals surface area (Å²) in [6.45, 7) is 3.87. The van der Waals surface area contributed by atoms with E-state index >= 15 is 0 Å². The van der Waals surface area contributed by atoms with E-state index < -0.39 is 22.3 Å². The number of rotatable bonds is 5. The molecule has 6 heteroatoms. The quantitative estimate of drug-likeness (QED) is 0.369. The fourth-order valence-corrected chi connectivity index (χ4v) is 1.18. The third-order valence-corrected chi connectivity index (χ3v) is 2.04. The van der Waals surface area contributed by atoms with Gasteiger partial charge < -0.3 is 5.32 Å². The molecule has 0 aromatic heterocycles. The Morgan fingerprint density at radius 2 is 2.29 bits per heavy atom. The molecule has 1 amide bonds. The molecule has 0 radical (unpaired) electrons. The summed E-state index contributed by atoms with van der Waals surface area (Å²) in [6.07, 6.45) is 2.22. The fourth-order valence-electron chi connectivity index (χ4n) is 1.18. The minimum atomic E-state index is -0.961. The molecule has 1 rings (SSSR count). The van der Waals surface area contributed by atoms with Crippen molar-refractivity contribution in [3.8, 4) is 0 Å². The van der Waals surface area contributed by atoms with Crippen LogP contribution < -0.4 is 5.32 Å². The van der Waals surface area contributed by atoms with Crippen LogP contribution in [0.1, 0.15) is 16.8 Å². The van der Waals surface area contributed by atoms with E-state index in [1.807, 2.05) is 0 Å². The zero-order valence-electron chi connectivity index (χ0n) is 8.98. The summed E-state index contributed by atoms with van der Waals surface area (Å²) >= 11 is 0. The van der Waals surface area contributed by atoms with Gasteiger partial charge in [-0.2, -0.15) is 4.39 Å². The van der Waals surface area contributed by atoms with Crippen molar-refractivity contribution in [3.05, 3.63) is 52.3 Å². The molecule has 0 fully saturated rings. The lowest BCUT2D eigenvalue weighted by atomic mass is 10.2. The second kappa shape index (κ2) is 5.74. The van der Waals surface area contributed by atoms with Gasteiger partial charge in [-0.15, -0.1) is 6.58 Å². The summed E-state index contributed by atoms with van der Waals surface area (Å²) < 4.78 is 13.0. The van der Waals surface area contributed by atoms with Crippen LogP contribution in [0.25, 0.3) is 0 Å². The number of carbonyl (C=O) groups is 1. The summed E-state index contributed by atoms with van der Waals surface area (Å²) in [6, 6.07) is 3.02. The van der Waals surface area contributed by atoms with Gasteiger partial charge in [-0.1, -0.05) is 6.08 Å². The Labute approximate surface area is 97.1 Å². The molecule has 1 N–H and O–H groups in total. The van der Waals surface area contributed by atoms with Gasteiger partial charge in [0.1, 0.15) is 0 Å². The molecule has 90 valence electrons. The molecule has 0 bridgehead atoms. The first kappa shape index (κ1) is 12.8. The number of hydrogen-bond donors (Lipinski definition) is 1. The van der Waals surface area contributed by atoms with Crippen LogP contribution >= 0.6 is 0 Å². The van der Waals surface area contributed by atoms with E-state index in [-0.39, 0.29) is 5.56 Å². The third kappa shape index (κ3) is 3.37. The van der Waals surface area contributed by atoms with Gasteiger partial charge in [0.2, 0.25) is 5.82 Å². The zero-order chi connectivity index (χ0) is 12.8. The van der Waals surface area contributed by atoms with Crippen LogP contribution in [-0.2, 0) is 0 Å². The van der Waals surface area contributed by atoms with Crippen molar-refractivity contribution >= 4 is 11.6 Å². The second-order valence-corrected chi connectivity index (χ2v) is 3.26. The van der Waals surface area contributed by atoms with Crippen molar-refractivity contribution in [1.29, 1.82) is 0 Å². The molecular formula is C11H11FN2O3. The van der Waals surface area contributed by atoms with E-state index in [0.717, 1.165) is 12.1 Å². The highest BCUT2D eigenvalue weighted by atomic mass is 19.1. The van der Waals surface area contributed by atoms with Crippen molar-refractivity contribution in [2.45, 2.75) is 6.42 Å². The number of nitro benzene ring substituents is 1. The predicted molar refractivity (Wildman–Crippen MR) is 60.2 cm³/mol. The van der Waals surface area contributed by atoms with Crippen LogP contribution in [0.5, 0.6) is 0 Å². The van der Waals surface area contributed by atoms with Crippen LogP contribution in [0.3, 0.4) is 0 Å². The van der Waals surface area contributed by atoms with Gasteiger partial charge in [0, 0.05) is 18.2 Å². The van der Waals surface area contributed by atoms with Gasteiger partial charge in [0.15, 0.2) is 0 Å². The first-order valence-electron chi connectivity index (χ1n) is 4.89. The summed E-state index contributed by atoms with van der Waals surface area (Å²) in [5.74, 6) is -1.44. The van der Waals surface area contributed by atoms with Crippen molar-refractivity contribution < 1.29 is 14.1 Å². The highest BCUT2D eigenvalue weighted by Crippen LogP contribution is 2.18. The number of amides is 1. The van der Waals surface area contributed by atoms with Crippen LogP contribution in [-0.4, -0.2) is 17.4 Å². The standard InChI is InChI=1S/C11H11FN2O3/c1-2-3-6-13-11(15)8-4-5-9(12)10(7-8)14(16)17/h2,4-5,7H,1,3,6H2,(H,13,15). The first-order valence-corrected chi connectivity index (χ1v) is 4.89. The summed E-state index contributed by atoms with van der Waals surface area (Å²) in [4.78, 5) is 21.1. The molecule has 1 aromatic carbocycles. The van der Waals surface area contributed by atoms with Gasteiger partial charge in [-0.05, 0) is 18.6 Å². The van der Waals surface area contributed by atoms with Gasteiger partial charge in [0.25, 0.3) is 5.91 Å². The Balaban J connectivity index is 2.84. The SMILES string of the molecule is C=CCCNC(=O)c1ccc(F)c([N+](=O)[O-])c1. The predicted octanol–water partition coefficient (Wildman–Crippen LogP) is 2.04. The third-order valence-electron chi connectivity index (χ3n) is 2.04. The summed E-state index contributed by atoms with van der Waals surface area (Å²) in [7, 11) is 0. The van der Waals surface area contributed by atoms with E-state index in [9.17, 15) is 19.3 Å². The lowest BCUT2D eigenvalue weighted by Crippen LogP contribution is -2.24. The fraction of sp³-hybridized carbons (Fsp3) is 0.182. The molecule has 0 aliphatic heterocycles. The highest BCUT2D eigenvalue weighted by Gasteiger charge is 2.16. The van der Waals surface area contributed by atoms with Crippen molar-refractivity contribution in [2.24, 2.45) is 0 Å². The first-order chi connectivity index (χ1) is 8.06. The minimum Gasteiger partial charge on any atom is -0.352 e. The number of nitrogens with zero attached hydrogens (tertiary/aromatic N) is 1. The van der Waals surface area contributed by atoms with Gasteiger partial charge in [-0.3, -0.25) is 14.9 Å². The Bertz CT molecular complexity index is 460. The summed E-state index contributed by atoms with van der Waals surface area (Å²) in [5, 5.41) is 13.0. The van der Waals surface area contributed by atoms with Crippen molar-refractivity contribution in [2.75, 3.05) is 6.54 Å². The topological polar surface area (TPSA) is 72.2 Å². The Morgan fingerprint density at radius 1 is 1.59 bits per heavy atom. The van der Waals surface area contributed by atoms with Gasteiger partial charge >= 0.3 is 5.69 Å². The minimum absolute atomic E-state index is 0.0576. The van der Waals surface area contributed by atoms with Gasteiger partial charge in [0.05, 0.1) is 4.92 Å². The van der Waals surface area contributed by atoms with E-state index in [4.69, 9.17) is 0 Å². The number of halogens is 1. The zero-order valence-corrected chi connectivity index (χ0v) is 8.98. The lowest BCUT2D eigenvalue weighted by molar-refractivity contribution is -0.387. The molecule has 0 aliphatic carbocycles. The Kier molecular flexibility index (Phi) is 4.33. The number of nitro groups is 1. The highest BCUT2D eigenvalue weighted by molar-refractivity contribution is 5.94. The Morgan fingerprint density at radius 3 is 2.88 bits per heavy atom. The number of hydrogen-bond acceptors (Lipinski definition) is 3. The molecule has 0 spiro atoms. The van der Waals surface area contributed by atoms with Gasteiger partial charge in [-0.25, -0.2) is 0 Å². The average Bonchev–Trinajstić information content (AvgIpc) is 2.29. The van der Waals surface area contributed by atoms with Crippen LogP contribution in [0.2, 0.25) is 0 Å². The Hall–Kier alpha value is -2.24. The van der Waals surface area contributed by atoms with E-state index in [2.05, 4.69) is 11.9 Å². The van der Waals surface area contributed by atoms with Crippen molar-refractivity contribution in [3.63, 3.8) is 0 Å². The van der Waals surface area contributed by atoms with E-state index in [1.165, 1.54) is 6.07 Å². The maximum absolute atomic E-state index is 13.0. The van der Waals surface area contributed by atoms with E-state index in [1.54, 1.807) is 6.08 Å².